The SMILES string of the molecule is O=C(c1nn(C2CCCN(CCC(C(F)(F)F)C(F)(F)F)C2)c2c1CS(=O)c1ccccc1-2)N1CCOCC1. The first-order chi connectivity index (χ1) is 18.4. The average molecular weight is 579 g/mol. The molecule has 0 aliphatic carbocycles. The number of amides is 1. The zero-order valence-electron chi connectivity index (χ0n) is 20.9. The highest BCUT2D eigenvalue weighted by molar-refractivity contribution is 7.84. The number of nitrogens with zero attached hydrogens (tertiary/aromatic N) is 4. The molecular weight excluding hydrogens is 550 g/mol. The first-order valence-corrected chi connectivity index (χ1v) is 14.1. The number of carbonyl (C=O) groups excluding carboxylic acids is 1. The van der Waals surface area contributed by atoms with E-state index in [9.17, 15) is 35.3 Å². The molecule has 1 aromatic heterocycles. The third-order valence-electron chi connectivity index (χ3n) is 7.52. The summed E-state index contributed by atoms with van der Waals surface area (Å²) in [5.41, 5.74) is 2.03. The van der Waals surface area contributed by atoms with Gasteiger partial charge in [-0.05, 0) is 38.4 Å². The lowest BCUT2D eigenvalue weighted by atomic mass is 10.00. The van der Waals surface area contributed by atoms with E-state index in [2.05, 4.69) is 0 Å². The molecule has 0 radical (unpaired) electrons. The number of alkyl halides is 6. The molecule has 0 saturated carbocycles. The van der Waals surface area contributed by atoms with Gasteiger partial charge in [-0.1, -0.05) is 18.2 Å². The fourth-order valence-electron chi connectivity index (χ4n) is 5.57. The van der Waals surface area contributed by atoms with Crippen LogP contribution in [0.2, 0.25) is 0 Å². The number of hydrogen-bond donors (Lipinski definition) is 0. The monoisotopic (exact) mass is 578 g/mol. The first-order valence-electron chi connectivity index (χ1n) is 12.8. The van der Waals surface area contributed by atoms with E-state index < -0.39 is 35.5 Å². The van der Waals surface area contributed by atoms with Crippen molar-refractivity contribution >= 4 is 16.7 Å². The molecule has 3 aliphatic heterocycles. The van der Waals surface area contributed by atoms with Gasteiger partial charge in [0.05, 0.1) is 41.5 Å². The van der Waals surface area contributed by atoms with Crippen LogP contribution < -0.4 is 0 Å². The van der Waals surface area contributed by atoms with E-state index in [1.54, 1.807) is 38.7 Å². The third kappa shape index (κ3) is 5.73. The second-order valence-electron chi connectivity index (χ2n) is 10.0. The van der Waals surface area contributed by atoms with Crippen molar-refractivity contribution in [2.75, 3.05) is 45.9 Å². The lowest BCUT2D eigenvalue weighted by molar-refractivity contribution is -0.286. The van der Waals surface area contributed by atoms with Crippen molar-refractivity contribution in [2.24, 2.45) is 5.92 Å². The van der Waals surface area contributed by atoms with Gasteiger partial charge in [0.25, 0.3) is 5.91 Å². The lowest BCUT2D eigenvalue weighted by Crippen LogP contribution is -2.42. The van der Waals surface area contributed by atoms with Gasteiger partial charge < -0.3 is 14.5 Å². The van der Waals surface area contributed by atoms with E-state index in [-0.39, 0.29) is 36.5 Å². The number of hydrogen-bond acceptors (Lipinski definition) is 5. The van der Waals surface area contributed by atoms with Crippen molar-refractivity contribution in [3.8, 4) is 11.3 Å². The van der Waals surface area contributed by atoms with Crippen LogP contribution in [0.15, 0.2) is 29.2 Å². The van der Waals surface area contributed by atoms with Gasteiger partial charge in [-0.15, -0.1) is 0 Å². The Morgan fingerprint density at radius 2 is 1.77 bits per heavy atom. The van der Waals surface area contributed by atoms with Gasteiger partial charge in [-0.25, -0.2) is 0 Å². The normalized spacial score (nSPS) is 22.6. The summed E-state index contributed by atoms with van der Waals surface area (Å²) >= 11 is 0. The molecule has 7 nitrogen and oxygen atoms in total. The maximum Gasteiger partial charge on any atom is 0.400 e. The topological polar surface area (TPSA) is 67.7 Å². The molecule has 2 atom stereocenters. The number of carbonyl (C=O) groups is 1. The molecule has 39 heavy (non-hydrogen) atoms. The second-order valence-corrected chi connectivity index (χ2v) is 11.5. The maximum atomic E-state index is 13.5. The van der Waals surface area contributed by atoms with Crippen molar-refractivity contribution in [2.45, 2.75) is 48.3 Å². The average Bonchev–Trinajstić information content (AvgIpc) is 3.27. The number of morpholine rings is 1. The summed E-state index contributed by atoms with van der Waals surface area (Å²) in [6, 6.07) is 6.71. The fourth-order valence-corrected chi connectivity index (χ4v) is 6.90. The molecule has 2 saturated heterocycles. The summed E-state index contributed by atoms with van der Waals surface area (Å²) in [6.07, 6.45) is -10.7. The molecule has 0 bridgehead atoms. The highest BCUT2D eigenvalue weighted by Crippen LogP contribution is 2.43. The number of fused-ring (bicyclic) bond motifs is 3. The molecular formula is C25H28F6N4O3S. The predicted molar refractivity (Wildman–Crippen MR) is 129 cm³/mol. The van der Waals surface area contributed by atoms with Gasteiger partial charge in [-0.2, -0.15) is 31.4 Å². The quantitative estimate of drug-likeness (QED) is 0.492. The summed E-state index contributed by atoms with van der Waals surface area (Å²) in [5.74, 6) is -3.61. The number of ether oxygens (including phenoxy) is 1. The first kappa shape index (κ1) is 28.1. The molecule has 2 aromatic rings. The highest BCUT2D eigenvalue weighted by atomic mass is 32.2. The van der Waals surface area contributed by atoms with Crippen molar-refractivity contribution in [3.63, 3.8) is 0 Å². The van der Waals surface area contributed by atoms with Crippen molar-refractivity contribution in [3.05, 3.63) is 35.5 Å². The predicted octanol–water partition coefficient (Wildman–Crippen LogP) is 4.41. The molecule has 0 spiro atoms. The fraction of sp³-hybridized carbons (Fsp3) is 0.600. The largest absolute Gasteiger partial charge is 0.400 e. The molecule has 4 heterocycles. The van der Waals surface area contributed by atoms with E-state index in [0.717, 1.165) is 0 Å². The number of rotatable bonds is 5. The van der Waals surface area contributed by atoms with Crippen LogP contribution in [0.5, 0.6) is 0 Å². The third-order valence-corrected chi connectivity index (χ3v) is 8.92. The van der Waals surface area contributed by atoms with Crippen LogP contribution in [-0.2, 0) is 21.3 Å². The number of likely N-dealkylation sites (tertiary alicyclic amines) is 1. The van der Waals surface area contributed by atoms with Gasteiger partial charge >= 0.3 is 12.4 Å². The van der Waals surface area contributed by atoms with Crippen LogP contribution >= 0.6 is 0 Å². The Kier molecular flexibility index (Phi) is 7.81. The Morgan fingerprint density at radius 1 is 1.08 bits per heavy atom. The zero-order valence-corrected chi connectivity index (χ0v) is 21.7. The maximum absolute atomic E-state index is 13.5. The molecule has 5 rings (SSSR count). The molecule has 14 heteroatoms. The zero-order chi connectivity index (χ0) is 27.9. The smallest absolute Gasteiger partial charge is 0.378 e. The molecule has 1 amide bonds. The Hall–Kier alpha value is -2.45. The minimum absolute atomic E-state index is 0.0903. The minimum atomic E-state index is -5.37. The van der Waals surface area contributed by atoms with Crippen LogP contribution in [0, 0.1) is 5.92 Å². The molecule has 2 unspecified atom stereocenters. The van der Waals surface area contributed by atoms with Crippen molar-refractivity contribution in [1.29, 1.82) is 0 Å². The molecule has 3 aliphatic rings. The van der Waals surface area contributed by atoms with Gasteiger partial charge in [-0.3, -0.25) is 13.7 Å². The highest BCUT2D eigenvalue weighted by Gasteiger charge is 2.56. The Bertz CT molecular complexity index is 1230. The number of piperidine rings is 1. The van der Waals surface area contributed by atoms with Crippen molar-refractivity contribution in [1.82, 2.24) is 19.6 Å². The molecule has 0 N–H and O–H groups in total. The summed E-state index contributed by atoms with van der Waals surface area (Å²) in [5, 5.41) is 4.70. The second kappa shape index (κ2) is 10.8. The summed E-state index contributed by atoms with van der Waals surface area (Å²) in [4.78, 5) is 17.3. The number of halogens is 6. The van der Waals surface area contributed by atoms with Gasteiger partial charge in [0.15, 0.2) is 11.6 Å². The van der Waals surface area contributed by atoms with E-state index in [1.807, 2.05) is 0 Å². The van der Waals surface area contributed by atoms with Crippen molar-refractivity contribution < 1.29 is 40.1 Å². The Morgan fingerprint density at radius 3 is 2.46 bits per heavy atom. The van der Waals surface area contributed by atoms with Crippen LogP contribution in [0.25, 0.3) is 11.3 Å². The van der Waals surface area contributed by atoms with Crippen LogP contribution in [0.4, 0.5) is 26.3 Å². The van der Waals surface area contributed by atoms with Gasteiger partial charge in [0.1, 0.15) is 0 Å². The molecule has 1 aromatic carbocycles. The number of aromatic nitrogens is 2. The van der Waals surface area contributed by atoms with E-state index in [1.165, 1.54) is 0 Å². The summed E-state index contributed by atoms with van der Waals surface area (Å²) in [7, 11) is -1.40. The number of benzene rings is 1. The Balaban J connectivity index is 1.46. The summed E-state index contributed by atoms with van der Waals surface area (Å²) in [6.45, 7) is 1.73. The van der Waals surface area contributed by atoms with Crippen LogP contribution in [-0.4, -0.2) is 88.0 Å². The van der Waals surface area contributed by atoms with Crippen LogP contribution in [0.1, 0.15) is 41.4 Å². The lowest BCUT2D eigenvalue weighted by Gasteiger charge is -2.35. The molecule has 214 valence electrons. The molecule has 2 fully saturated rings. The minimum Gasteiger partial charge on any atom is -0.378 e. The van der Waals surface area contributed by atoms with Gasteiger partial charge in [0.2, 0.25) is 0 Å². The summed E-state index contributed by atoms with van der Waals surface area (Å²) < 4.78 is 98.6. The van der Waals surface area contributed by atoms with E-state index in [0.29, 0.717) is 67.4 Å². The Labute approximate surface area is 223 Å². The standard InChI is InChI=1S/C25H28F6N4O3S/c26-24(27,28)20(25(29,30)31)7-9-33-8-3-4-16(14-33)35-22-17-5-1-2-6-19(17)39(37)15-18(22)21(32-35)23(36)34-10-12-38-13-11-34/h1-2,5-6,16,20H,3-4,7-15H2. The van der Waals surface area contributed by atoms with Crippen LogP contribution in [0.3, 0.4) is 0 Å². The van der Waals surface area contributed by atoms with Gasteiger partial charge in [0, 0.05) is 35.7 Å². The van der Waals surface area contributed by atoms with E-state index >= 15 is 0 Å². The van der Waals surface area contributed by atoms with E-state index in [4.69, 9.17) is 9.84 Å².